The van der Waals surface area contributed by atoms with Crippen molar-refractivity contribution in [1.29, 1.82) is 0 Å². The zero-order valence-electron chi connectivity index (χ0n) is 14.3. The Morgan fingerprint density at radius 1 is 1.19 bits per heavy atom. The number of likely N-dealkylation sites (tertiary alicyclic amines) is 1. The maximum absolute atomic E-state index is 12.6. The SMILES string of the molecule is O=C(CN1CCCC1=O)NC(c1ccccc1)c1ccc2nc[nH]c2c1. The number of carbonyl (C=O) groups excluding carboxylic acids is 2. The molecule has 1 fully saturated rings. The average molecular weight is 348 g/mol. The number of imidazole rings is 1. The largest absolute Gasteiger partial charge is 0.345 e. The molecule has 2 aromatic carbocycles. The summed E-state index contributed by atoms with van der Waals surface area (Å²) in [6.45, 7) is 0.761. The number of rotatable bonds is 5. The second-order valence-corrected chi connectivity index (χ2v) is 6.51. The van der Waals surface area contributed by atoms with Gasteiger partial charge >= 0.3 is 0 Å². The quantitative estimate of drug-likeness (QED) is 0.743. The van der Waals surface area contributed by atoms with E-state index < -0.39 is 0 Å². The molecule has 1 atom stereocenters. The van der Waals surface area contributed by atoms with Crippen LogP contribution in [-0.4, -0.2) is 39.8 Å². The first-order valence-electron chi connectivity index (χ1n) is 8.76. The number of benzene rings is 2. The molecule has 1 aliphatic heterocycles. The van der Waals surface area contributed by atoms with Crippen molar-refractivity contribution >= 4 is 22.8 Å². The lowest BCUT2D eigenvalue weighted by Crippen LogP contribution is -2.39. The second kappa shape index (κ2) is 7.00. The number of amides is 2. The molecule has 0 spiro atoms. The Hall–Kier alpha value is -3.15. The first-order valence-corrected chi connectivity index (χ1v) is 8.76. The standard InChI is InChI=1S/C20H20N4O2/c25-18(12-24-10-4-7-19(24)26)23-20(14-5-2-1-3-6-14)15-8-9-16-17(11-15)22-13-21-16/h1-3,5-6,8-9,11,13,20H,4,7,10,12H2,(H,21,22)(H,23,25). The third-order valence-electron chi connectivity index (χ3n) is 4.72. The van der Waals surface area contributed by atoms with Gasteiger partial charge in [-0.25, -0.2) is 4.98 Å². The summed E-state index contributed by atoms with van der Waals surface area (Å²) in [5.74, 6) is -0.103. The van der Waals surface area contributed by atoms with E-state index in [4.69, 9.17) is 0 Å². The van der Waals surface area contributed by atoms with E-state index in [1.165, 1.54) is 0 Å². The summed E-state index contributed by atoms with van der Waals surface area (Å²) < 4.78 is 0. The van der Waals surface area contributed by atoms with Crippen LogP contribution in [0.25, 0.3) is 11.0 Å². The van der Waals surface area contributed by atoms with Crippen LogP contribution in [0.3, 0.4) is 0 Å². The van der Waals surface area contributed by atoms with E-state index in [0.29, 0.717) is 13.0 Å². The van der Waals surface area contributed by atoms with Gasteiger partial charge in [0.2, 0.25) is 11.8 Å². The zero-order valence-corrected chi connectivity index (χ0v) is 14.3. The van der Waals surface area contributed by atoms with Crippen LogP contribution in [0.4, 0.5) is 0 Å². The molecule has 2 heterocycles. The Bertz CT molecular complexity index is 935. The van der Waals surface area contributed by atoms with Gasteiger partial charge in [0.05, 0.1) is 29.9 Å². The van der Waals surface area contributed by atoms with Crippen molar-refractivity contribution in [2.24, 2.45) is 0 Å². The highest BCUT2D eigenvalue weighted by Gasteiger charge is 2.24. The van der Waals surface area contributed by atoms with E-state index in [-0.39, 0.29) is 24.4 Å². The van der Waals surface area contributed by atoms with Gasteiger partial charge in [-0.05, 0) is 29.7 Å². The molecule has 1 unspecified atom stereocenters. The number of aromatic amines is 1. The molecule has 26 heavy (non-hydrogen) atoms. The maximum atomic E-state index is 12.6. The molecule has 6 heteroatoms. The van der Waals surface area contributed by atoms with Crippen molar-refractivity contribution in [2.75, 3.05) is 13.1 Å². The van der Waals surface area contributed by atoms with Crippen LogP contribution >= 0.6 is 0 Å². The lowest BCUT2D eigenvalue weighted by Gasteiger charge is -2.22. The van der Waals surface area contributed by atoms with Crippen molar-refractivity contribution in [2.45, 2.75) is 18.9 Å². The molecule has 132 valence electrons. The van der Waals surface area contributed by atoms with E-state index in [9.17, 15) is 9.59 Å². The highest BCUT2D eigenvalue weighted by Crippen LogP contribution is 2.24. The predicted octanol–water partition coefficient (Wildman–Crippen LogP) is 2.39. The summed E-state index contributed by atoms with van der Waals surface area (Å²) in [5.41, 5.74) is 3.77. The van der Waals surface area contributed by atoms with Gasteiger partial charge in [-0.1, -0.05) is 36.4 Å². The van der Waals surface area contributed by atoms with Crippen molar-refractivity contribution in [1.82, 2.24) is 20.2 Å². The molecule has 1 aromatic heterocycles. The molecular weight excluding hydrogens is 328 g/mol. The molecule has 2 amide bonds. The first-order chi connectivity index (χ1) is 12.7. The summed E-state index contributed by atoms with van der Waals surface area (Å²) in [7, 11) is 0. The summed E-state index contributed by atoms with van der Waals surface area (Å²) in [5, 5.41) is 3.09. The molecule has 4 rings (SSSR count). The number of nitrogens with zero attached hydrogens (tertiary/aromatic N) is 2. The monoisotopic (exact) mass is 348 g/mol. The van der Waals surface area contributed by atoms with E-state index in [2.05, 4.69) is 15.3 Å². The third kappa shape index (κ3) is 3.31. The predicted molar refractivity (Wildman–Crippen MR) is 98.3 cm³/mol. The fourth-order valence-corrected chi connectivity index (χ4v) is 3.39. The van der Waals surface area contributed by atoms with Crippen LogP contribution < -0.4 is 5.32 Å². The Balaban J connectivity index is 1.60. The molecule has 2 N–H and O–H groups in total. The number of aromatic nitrogens is 2. The molecule has 1 aliphatic rings. The number of hydrogen-bond acceptors (Lipinski definition) is 3. The first kappa shape index (κ1) is 16.3. The lowest BCUT2D eigenvalue weighted by atomic mass is 9.98. The number of carbonyl (C=O) groups is 2. The fraction of sp³-hybridized carbons (Fsp3) is 0.250. The van der Waals surface area contributed by atoms with Crippen molar-refractivity contribution in [3.8, 4) is 0 Å². The van der Waals surface area contributed by atoms with Crippen molar-refractivity contribution < 1.29 is 9.59 Å². The minimum Gasteiger partial charge on any atom is -0.345 e. The van der Waals surface area contributed by atoms with Gasteiger partial charge < -0.3 is 15.2 Å². The highest BCUT2D eigenvalue weighted by atomic mass is 16.2. The fourth-order valence-electron chi connectivity index (χ4n) is 3.39. The Morgan fingerprint density at radius 3 is 2.81 bits per heavy atom. The highest BCUT2D eigenvalue weighted by molar-refractivity contribution is 5.86. The molecule has 0 aliphatic carbocycles. The van der Waals surface area contributed by atoms with Gasteiger partial charge in [0.25, 0.3) is 0 Å². The van der Waals surface area contributed by atoms with E-state index in [1.54, 1.807) is 11.2 Å². The lowest BCUT2D eigenvalue weighted by molar-refractivity contribution is -0.133. The maximum Gasteiger partial charge on any atom is 0.240 e. The molecule has 3 aromatic rings. The van der Waals surface area contributed by atoms with Crippen LogP contribution in [0.15, 0.2) is 54.9 Å². The number of H-pyrrole nitrogens is 1. The van der Waals surface area contributed by atoms with E-state index in [0.717, 1.165) is 28.6 Å². The molecule has 6 nitrogen and oxygen atoms in total. The molecule has 1 saturated heterocycles. The third-order valence-corrected chi connectivity index (χ3v) is 4.72. The Kier molecular flexibility index (Phi) is 4.39. The van der Waals surface area contributed by atoms with Gasteiger partial charge in [-0.15, -0.1) is 0 Å². The zero-order chi connectivity index (χ0) is 17.9. The van der Waals surface area contributed by atoms with Gasteiger partial charge in [0, 0.05) is 13.0 Å². The van der Waals surface area contributed by atoms with Gasteiger partial charge in [-0.2, -0.15) is 0 Å². The number of nitrogens with one attached hydrogen (secondary N) is 2. The van der Waals surface area contributed by atoms with Crippen LogP contribution in [0, 0.1) is 0 Å². The van der Waals surface area contributed by atoms with Gasteiger partial charge in [0.15, 0.2) is 0 Å². The van der Waals surface area contributed by atoms with Gasteiger partial charge in [0.1, 0.15) is 0 Å². The van der Waals surface area contributed by atoms with Crippen molar-refractivity contribution in [3.63, 3.8) is 0 Å². The van der Waals surface area contributed by atoms with Crippen LogP contribution in [0.1, 0.15) is 30.0 Å². The van der Waals surface area contributed by atoms with E-state index in [1.807, 2.05) is 48.5 Å². The molecule has 0 radical (unpaired) electrons. The average Bonchev–Trinajstić information content (AvgIpc) is 3.29. The minimum absolute atomic E-state index is 0.0512. The molecule has 0 bridgehead atoms. The van der Waals surface area contributed by atoms with Crippen LogP contribution in [0.2, 0.25) is 0 Å². The normalized spacial score (nSPS) is 15.4. The van der Waals surface area contributed by atoms with Crippen LogP contribution in [-0.2, 0) is 9.59 Å². The van der Waals surface area contributed by atoms with Crippen molar-refractivity contribution in [3.05, 3.63) is 66.0 Å². The number of hydrogen-bond donors (Lipinski definition) is 2. The minimum atomic E-state index is -0.283. The second-order valence-electron chi connectivity index (χ2n) is 6.51. The number of fused-ring (bicyclic) bond motifs is 1. The van der Waals surface area contributed by atoms with Gasteiger partial charge in [-0.3, -0.25) is 9.59 Å². The Morgan fingerprint density at radius 2 is 2.04 bits per heavy atom. The summed E-state index contributed by atoms with van der Waals surface area (Å²) >= 11 is 0. The Labute approximate surface area is 151 Å². The van der Waals surface area contributed by atoms with Crippen LogP contribution in [0.5, 0.6) is 0 Å². The molecule has 0 saturated carbocycles. The topological polar surface area (TPSA) is 78.1 Å². The molecular formula is C20H20N4O2. The summed E-state index contributed by atoms with van der Waals surface area (Å²) in [4.78, 5) is 33.3. The van der Waals surface area contributed by atoms with E-state index >= 15 is 0 Å². The summed E-state index contributed by atoms with van der Waals surface area (Å²) in [6.07, 6.45) is 3.01. The summed E-state index contributed by atoms with van der Waals surface area (Å²) in [6, 6.07) is 15.5. The smallest absolute Gasteiger partial charge is 0.240 e.